The third-order valence-electron chi connectivity index (χ3n) is 5.33. The van der Waals surface area contributed by atoms with Gasteiger partial charge in [0.25, 0.3) is 5.91 Å². The van der Waals surface area contributed by atoms with E-state index >= 15 is 0 Å². The Morgan fingerprint density at radius 1 is 1.08 bits per heavy atom. The summed E-state index contributed by atoms with van der Waals surface area (Å²) in [5.74, 6) is 0.744. The van der Waals surface area contributed by atoms with E-state index in [0.717, 1.165) is 4.90 Å². The molecule has 0 spiro atoms. The van der Waals surface area contributed by atoms with Crippen LogP contribution in [0.1, 0.15) is 44.4 Å². The number of aliphatic hydroxyl groups excluding tert-OH is 1. The van der Waals surface area contributed by atoms with Gasteiger partial charge < -0.3 is 35.8 Å². The lowest BCUT2D eigenvalue weighted by atomic mass is 10.0. The minimum absolute atomic E-state index is 0.304. The van der Waals surface area contributed by atoms with Crippen molar-refractivity contribution in [1.82, 2.24) is 10.2 Å². The van der Waals surface area contributed by atoms with Crippen LogP contribution in [-0.4, -0.2) is 65.7 Å². The minimum atomic E-state index is -1.47. The van der Waals surface area contributed by atoms with E-state index in [0.29, 0.717) is 22.6 Å². The Hall–Kier alpha value is -4.56. The van der Waals surface area contributed by atoms with Crippen LogP contribution in [-0.2, 0) is 19.1 Å². The summed E-state index contributed by atoms with van der Waals surface area (Å²) in [5, 5.41) is 14.9. The number of nitrogens with two attached hydrogens (primary N) is 1. The van der Waals surface area contributed by atoms with Crippen molar-refractivity contribution in [2.75, 3.05) is 25.6 Å². The Labute approximate surface area is 227 Å². The highest BCUT2D eigenvalue weighted by Crippen LogP contribution is 2.26. The fourth-order valence-corrected chi connectivity index (χ4v) is 3.64. The molecule has 2 rings (SSSR count). The normalized spacial score (nSPS) is 12.3. The lowest BCUT2D eigenvalue weighted by Gasteiger charge is -2.34. The van der Waals surface area contributed by atoms with Gasteiger partial charge in [-0.05, 0) is 62.7 Å². The number of terminal acetylenes is 1. The summed E-state index contributed by atoms with van der Waals surface area (Å²) in [5.41, 5.74) is 5.81. The molecule has 2 atom stereocenters. The van der Waals surface area contributed by atoms with Crippen molar-refractivity contribution in [2.45, 2.75) is 44.9 Å². The largest absolute Gasteiger partial charge is 0.497 e. The number of rotatable bonds is 11. The molecule has 39 heavy (non-hydrogen) atoms. The van der Waals surface area contributed by atoms with Gasteiger partial charge in [0.2, 0.25) is 11.8 Å². The average Bonchev–Trinajstić information content (AvgIpc) is 2.87. The molecule has 0 saturated heterocycles. The first kappa shape index (κ1) is 30.7. The molecule has 0 aromatic heterocycles. The van der Waals surface area contributed by atoms with Gasteiger partial charge in [0.05, 0.1) is 20.1 Å². The predicted molar refractivity (Wildman–Crippen MR) is 145 cm³/mol. The first-order valence-electron chi connectivity index (χ1n) is 12.1. The smallest absolute Gasteiger partial charge is 0.408 e. The Balaban J connectivity index is 2.50. The second-order valence-electron chi connectivity index (χ2n) is 9.51. The van der Waals surface area contributed by atoms with Crippen LogP contribution < -0.4 is 21.1 Å². The second kappa shape index (κ2) is 13.8. The maximum Gasteiger partial charge on any atom is 0.408 e. The summed E-state index contributed by atoms with van der Waals surface area (Å²) in [7, 11) is 1.51. The molecule has 2 aromatic rings. The van der Waals surface area contributed by atoms with E-state index in [1.54, 1.807) is 69.3 Å². The molecular formula is C28H34N4O7. The third kappa shape index (κ3) is 9.36. The third-order valence-corrected chi connectivity index (χ3v) is 5.33. The Morgan fingerprint density at radius 2 is 1.69 bits per heavy atom. The lowest BCUT2D eigenvalue weighted by molar-refractivity contribution is -0.142. The molecule has 5 N–H and O–H groups in total. The number of aliphatic hydroxyl groups is 1. The molecular weight excluding hydrogens is 504 g/mol. The minimum Gasteiger partial charge on any atom is -0.497 e. The molecule has 0 heterocycles. The maximum absolute atomic E-state index is 13.8. The van der Waals surface area contributed by atoms with E-state index in [4.69, 9.17) is 21.6 Å². The van der Waals surface area contributed by atoms with E-state index in [-0.39, 0.29) is 6.54 Å². The quantitative estimate of drug-likeness (QED) is 0.318. The van der Waals surface area contributed by atoms with Gasteiger partial charge in [-0.25, -0.2) is 4.79 Å². The highest BCUT2D eigenvalue weighted by molar-refractivity contribution is 5.99. The highest BCUT2D eigenvalue weighted by Gasteiger charge is 2.37. The van der Waals surface area contributed by atoms with Gasteiger partial charge in [0.1, 0.15) is 23.4 Å². The number of carbonyl (C=O) groups is 4. The summed E-state index contributed by atoms with van der Waals surface area (Å²) < 4.78 is 10.4. The molecule has 0 aliphatic heterocycles. The molecule has 0 fully saturated rings. The van der Waals surface area contributed by atoms with Crippen LogP contribution in [0.25, 0.3) is 0 Å². The zero-order chi connectivity index (χ0) is 29.2. The summed E-state index contributed by atoms with van der Waals surface area (Å²) in [6, 6.07) is 10.1. The highest BCUT2D eigenvalue weighted by atomic mass is 16.6. The molecule has 0 radical (unpaired) electrons. The summed E-state index contributed by atoms with van der Waals surface area (Å²) >= 11 is 0. The summed E-state index contributed by atoms with van der Waals surface area (Å²) in [6.07, 6.45) is 3.94. The van der Waals surface area contributed by atoms with Gasteiger partial charge in [-0.15, -0.1) is 6.42 Å². The number of nitrogens with zero attached hydrogens (tertiary/aromatic N) is 1. The lowest BCUT2D eigenvalue weighted by Crippen LogP contribution is -2.54. The number of primary amides is 1. The van der Waals surface area contributed by atoms with Gasteiger partial charge in [0, 0.05) is 17.8 Å². The standard InChI is InChI=1S/C28H34N4O7/c1-6-18-7-9-19(10-8-18)24(25(35)30-20-11-13-21(38-5)14-12-20)32(15-16-33)26(36)22(17-23(29)34)31-27(37)39-28(2,3)4/h1,7-14,22,24,33H,15-17H2,2-5H3,(H2,29,34)(H,30,35)(H,31,37). The molecule has 0 aliphatic carbocycles. The molecule has 11 heteroatoms. The van der Waals surface area contributed by atoms with Crippen LogP contribution in [0, 0.1) is 12.3 Å². The Kier molecular flexibility index (Phi) is 10.9. The van der Waals surface area contributed by atoms with E-state index in [9.17, 15) is 24.3 Å². The van der Waals surface area contributed by atoms with Crippen LogP contribution in [0.2, 0.25) is 0 Å². The van der Waals surface area contributed by atoms with Crippen LogP contribution >= 0.6 is 0 Å². The van der Waals surface area contributed by atoms with Gasteiger partial charge in [-0.1, -0.05) is 18.1 Å². The SMILES string of the molecule is C#Cc1ccc(C(C(=O)Nc2ccc(OC)cc2)N(CCO)C(=O)C(CC(N)=O)NC(=O)OC(C)(C)C)cc1. The van der Waals surface area contributed by atoms with E-state index in [2.05, 4.69) is 16.6 Å². The Bertz CT molecular complexity index is 1200. The molecule has 0 saturated carbocycles. The van der Waals surface area contributed by atoms with Gasteiger partial charge in [-0.2, -0.15) is 0 Å². The number of amides is 4. The van der Waals surface area contributed by atoms with E-state index in [1.807, 2.05) is 0 Å². The predicted octanol–water partition coefficient (Wildman–Crippen LogP) is 1.95. The van der Waals surface area contributed by atoms with Crippen LogP contribution in [0.4, 0.5) is 10.5 Å². The summed E-state index contributed by atoms with van der Waals surface area (Å²) in [6.45, 7) is 4.08. The number of anilines is 1. The van der Waals surface area contributed by atoms with Gasteiger partial charge >= 0.3 is 6.09 Å². The number of nitrogens with one attached hydrogen (secondary N) is 2. The van der Waals surface area contributed by atoms with Crippen molar-refractivity contribution >= 4 is 29.5 Å². The van der Waals surface area contributed by atoms with Crippen molar-refractivity contribution in [1.29, 1.82) is 0 Å². The van der Waals surface area contributed by atoms with Crippen molar-refractivity contribution in [3.63, 3.8) is 0 Å². The van der Waals surface area contributed by atoms with Crippen LogP contribution in [0.5, 0.6) is 5.75 Å². The first-order valence-corrected chi connectivity index (χ1v) is 12.1. The monoisotopic (exact) mass is 538 g/mol. The number of alkyl carbamates (subject to hydrolysis) is 1. The number of carbonyl (C=O) groups excluding carboxylic acids is 4. The molecule has 0 aliphatic rings. The number of hydrogen-bond acceptors (Lipinski definition) is 7. The van der Waals surface area contributed by atoms with Crippen LogP contribution in [0.3, 0.4) is 0 Å². The fraction of sp³-hybridized carbons (Fsp3) is 0.357. The van der Waals surface area contributed by atoms with Gasteiger partial charge in [0.15, 0.2) is 0 Å². The number of hydrogen-bond donors (Lipinski definition) is 4. The van der Waals surface area contributed by atoms with Gasteiger partial charge in [-0.3, -0.25) is 14.4 Å². The zero-order valence-corrected chi connectivity index (χ0v) is 22.4. The molecule has 11 nitrogen and oxygen atoms in total. The number of ether oxygens (including phenoxy) is 2. The molecule has 208 valence electrons. The van der Waals surface area contributed by atoms with Crippen molar-refractivity contribution < 1.29 is 33.8 Å². The maximum atomic E-state index is 13.8. The van der Waals surface area contributed by atoms with Crippen molar-refractivity contribution in [2.24, 2.45) is 5.73 Å². The molecule has 0 bridgehead atoms. The molecule has 2 aromatic carbocycles. The number of methoxy groups -OCH3 is 1. The fourth-order valence-electron chi connectivity index (χ4n) is 3.64. The topological polar surface area (TPSA) is 160 Å². The summed E-state index contributed by atoms with van der Waals surface area (Å²) in [4.78, 5) is 52.7. The van der Waals surface area contributed by atoms with E-state index in [1.165, 1.54) is 7.11 Å². The molecule has 4 amide bonds. The number of benzene rings is 2. The Morgan fingerprint density at radius 3 is 2.18 bits per heavy atom. The van der Waals surface area contributed by atoms with Crippen LogP contribution in [0.15, 0.2) is 48.5 Å². The van der Waals surface area contributed by atoms with Crippen molar-refractivity contribution in [3.8, 4) is 18.1 Å². The molecule has 2 unspecified atom stereocenters. The first-order chi connectivity index (χ1) is 18.4. The van der Waals surface area contributed by atoms with Crippen molar-refractivity contribution in [3.05, 3.63) is 59.7 Å². The average molecular weight is 539 g/mol. The second-order valence-corrected chi connectivity index (χ2v) is 9.51. The van der Waals surface area contributed by atoms with E-state index < -0.39 is 54.5 Å². The zero-order valence-electron chi connectivity index (χ0n) is 22.4.